The van der Waals surface area contributed by atoms with Crippen LogP contribution in [0.15, 0.2) is 0 Å². The topological polar surface area (TPSA) is 283 Å². The smallest absolute Gasteiger partial charge is 0.326 e. The molecule has 0 rings (SSSR count). The van der Waals surface area contributed by atoms with Crippen LogP contribution < -0.4 is 21.7 Å². The number of aliphatic hydroxyl groups excluding tert-OH is 1. The number of hydrogen-bond acceptors (Lipinski definition) is 9. The number of aliphatic hydroxyl groups is 1. The number of amides is 3. The third-order valence-electron chi connectivity index (χ3n) is 3.82. The Morgan fingerprint density at radius 3 is 1.56 bits per heavy atom. The summed E-state index contributed by atoms with van der Waals surface area (Å²) in [5.74, 6) is -9.55. The Hall–Kier alpha value is -3.79. The summed E-state index contributed by atoms with van der Waals surface area (Å²) in [5, 5.41) is 50.3. The van der Waals surface area contributed by atoms with Gasteiger partial charge in [0.15, 0.2) is 0 Å². The van der Waals surface area contributed by atoms with Gasteiger partial charge in [-0.2, -0.15) is 0 Å². The van der Waals surface area contributed by atoms with Crippen LogP contribution in [0.3, 0.4) is 0 Å². The summed E-state index contributed by atoms with van der Waals surface area (Å²) in [5.41, 5.74) is 5.34. The molecule has 180 valence electrons. The lowest BCUT2D eigenvalue weighted by Gasteiger charge is -2.23. The maximum absolute atomic E-state index is 12.3. The van der Waals surface area contributed by atoms with Gasteiger partial charge >= 0.3 is 23.9 Å². The van der Waals surface area contributed by atoms with E-state index in [-0.39, 0.29) is 0 Å². The standard InChI is InChI=1S/C16H24N4O12/c17-6(3-11(24)25)13(28)20-9(5-21)15(30)18-7(1-2-10(22)23)14(29)19-8(16(31)32)4-12(26)27/h6-9,21H,1-5,17H2,(H,18,30)(H,19,29)(H,20,28)(H,22,23)(H,24,25)(H,26,27)(H,31,32). The molecule has 0 saturated heterocycles. The second kappa shape index (κ2) is 13.5. The third-order valence-corrected chi connectivity index (χ3v) is 3.82. The lowest BCUT2D eigenvalue weighted by atomic mass is 10.1. The molecule has 0 aliphatic heterocycles. The molecule has 4 atom stereocenters. The third kappa shape index (κ3) is 10.8. The molecule has 0 bridgehead atoms. The number of carboxylic acid groups (broad SMARTS) is 4. The lowest BCUT2D eigenvalue weighted by molar-refractivity contribution is -0.147. The van der Waals surface area contributed by atoms with Crippen LogP contribution in [0.1, 0.15) is 25.7 Å². The number of carbonyl (C=O) groups excluding carboxylic acids is 3. The monoisotopic (exact) mass is 464 g/mol. The maximum atomic E-state index is 12.3. The average Bonchev–Trinajstić information content (AvgIpc) is 2.66. The Morgan fingerprint density at radius 2 is 1.12 bits per heavy atom. The Kier molecular flexibility index (Phi) is 11.9. The number of aliphatic carboxylic acids is 4. The van der Waals surface area contributed by atoms with Gasteiger partial charge < -0.3 is 47.2 Å². The van der Waals surface area contributed by atoms with E-state index in [1.807, 2.05) is 16.0 Å². The van der Waals surface area contributed by atoms with E-state index < -0.39 is 98.1 Å². The molecule has 16 heteroatoms. The van der Waals surface area contributed by atoms with Crippen LogP contribution in [0.2, 0.25) is 0 Å². The molecule has 0 spiro atoms. The summed E-state index contributed by atoms with van der Waals surface area (Å²) in [7, 11) is 0. The van der Waals surface area contributed by atoms with Gasteiger partial charge in [0.2, 0.25) is 17.7 Å². The second-order valence-corrected chi connectivity index (χ2v) is 6.44. The zero-order chi connectivity index (χ0) is 25.0. The quantitative estimate of drug-likeness (QED) is 0.111. The van der Waals surface area contributed by atoms with Crippen LogP contribution in [0, 0.1) is 0 Å². The van der Waals surface area contributed by atoms with Crippen molar-refractivity contribution in [1.82, 2.24) is 16.0 Å². The van der Waals surface area contributed by atoms with E-state index >= 15 is 0 Å². The highest BCUT2D eigenvalue weighted by atomic mass is 16.4. The van der Waals surface area contributed by atoms with Crippen LogP contribution in [0.4, 0.5) is 0 Å². The summed E-state index contributed by atoms with van der Waals surface area (Å²) in [4.78, 5) is 79.8. The predicted octanol–water partition coefficient (Wildman–Crippen LogP) is -4.34. The van der Waals surface area contributed by atoms with Crippen molar-refractivity contribution in [2.24, 2.45) is 5.73 Å². The first-order chi connectivity index (χ1) is 14.8. The van der Waals surface area contributed by atoms with Crippen molar-refractivity contribution in [2.45, 2.75) is 49.9 Å². The number of hydrogen-bond donors (Lipinski definition) is 9. The summed E-state index contributed by atoms with van der Waals surface area (Å²) < 4.78 is 0. The molecule has 0 saturated carbocycles. The highest BCUT2D eigenvalue weighted by Gasteiger charge is 2.31. The van der Waals surface area contributed by atoms with E-state index in [1.54, 1.807) is 0 Å². The van der Waals surface area contributed by atoms with Crippen molar-refractivity contribution in [2.75, 3.05) is 6.61 Å². The minimum Gasteiger partial charge on any atom is -0.481 e. The Bertz CT molecular complexity index is 755. The van der Waals surface area contributed by atoms with E-state index in [0.29, 0.717) is 0 Å². The zero-order valence-corrected chi connectivity index (χ0v) is 16.5. The molecule has 10 N–H and O–H groups in total. The Labute approximate surface area is 179 Å². The largest absolute Gasteiger partial charge is 0.481 e. The molecule has 0 radical (unpaired) electrons. The summed E-state index contributed by atoms with van der Waals surface area (Å²) >= 11 is 0. The first-order valence-corrected chi connectivity index (χ1v) is 8.94. The Morgan fingerprint density at radius 1 is 0.656 bits per heavy atom. The van der Waals surface area contributed by atoms with Gasteiger partial charge in [-0.15, -0.1) is 0 Å². The van der Waals surface area contributed by atoms with E-state index in [1.165, 1.54) is 0 Å². The summed E-state index contributed by atoms with van der Waals surface area (Å²) in [6.07, 6.45) is -2.99. The lowest BCUT2D eigenvalue weighted by Crippen LogP contribution is -2.58. The molecule has 0 aromatic heterocycles. The van der Waals surface area contributed by atoms with Crippen LogP contribution in [-0.2, 0) is 33.6 Å². The van der Waals surface area contributed by atoms with Crippen molar-refractivity contribution < 1.29 is 59.1 Å². The van der Waals surface area contributed by atoms with Crippen LogP contribution in [0.25, 0.3) is 0 Å². The maximum Gasteiger partial charge on any atom is 0.326 e. The number of carbonyl (C=O) groups is 7. The molecule has 4 unspecified atom stereocenters. The molecule has 0 heterocycles. The molecule has 3 amide bonds. The summed E-state index contributed by atoms with van der Waals surface area (Å²) in [6, 6.07) is -6.83. The van der Waals surface area contributed by atoms with Crippen LogP contribution in [-0.4, -0.2) is 97.9 Å². The number of nitrogens with one attached hydrogen (secondary N) is 3. The highest BCUT2D eigenvalue weighted by Crippen LogP contribution is 2.03. The fourth-order valence-electron chi connectivity index (χ4n) is 2.21. The van der Waals surface area contributed by atoms with Gasteiger partial charge in [0.25, 0.3) is 0 Å². The van der Waals surface area contributed by atoms with E-state index in [2.05, 4.69) is 0 Å². The zero-order valence-electron chi connectivity index (χ0n) is 16.5. The first kappa shape index (κ1) is 28.2. The van der Waals surface area contributed by atoms with Gasteiger partial charge in [-0.1, -0.05) is 0 Å². The van der Waals surface area contributed by atoms with Crippen molar-refractivity contribution >= 4 is 41.6 Å². The van der Waals surface area contributed by atoms with Crippen LogP contribution in [0.5, 0.6) is 0 Å². The van der Waals surface area contributed by atoms with Crippen molar-refractivity contribution in [3.63, 3.8) is 0 Å². The minimum absolute atomic E-state index is 0.545. The second-order valence-electron chi connectivity index (χ2n) is 6.44. The van der Waals surface area contributed by atoms with Crippen molar-refractivity contribution in [1.29, 1.82) is 0 Å². The Balaban J connectivity index is 5.37. The molecule has 32 heavy (non-hydrogen) atoms. The molecule has 0 aliphatic rings. The number of carboxylic acids is 4. The normalized spacial score (nSPS) is 14.2. The van der Waals surface area contributed by atoms with Gasteiger partial charge in [-0.3, -0.25) is 28.8 Å². The molecule has 0 aliphatic carbocycles. The molecule has 0 aromatic rings. The van der Waals surface area contributed by atoms with Gasteiger partial charge in [0, 0.05) is 6.42 Å². The van der Waals surface area contributed by atoms with Gasteiger partial charge in [0.05, 0.1) is 25.5 Å². The molecule has 0 fully saturated rings. The fraction of sp³-hybridized carbons (Fsp3) is 0.562. The predicted molar refractivity (Wildman–Crippen MR) is 99.9 cm³/mol. The average molecular weight is 464 g/mol. The van der Waals surface area contributed by atoms with Gasteiger partial charge in [0.1, 0.15) is 18.1 Å². The molecule has 16 nitrogen and oxygen atoms in total. The fourth-order valence-corrected chi connectivity index (χ4v) is 2.21. The van der Waals surface area contributed by atoms with Crippen molar-refractivity contribution in [3.8, 4) is 0 Å². The van der Waals surface area contributed by atoms with E-state index in [9.17, 15) is 38.7 Å². The number of rotatable bonds is 15. The molecular formula is C16H24N4O12. The SMILES string of the molecule is NC(CC(=O)O)C(=O)NC(CO)C(=O)NC(CCC(=O)O)C(=O)NC(CC(=O)O)C(=O)O. The summed E-state index contributed by atoms with van der Waals surface area (Å²) in [6.45, 7) is -1.01. The molecular weight excluding hydrogens is 440 g/mol. The van der Waals surface area contributed by atoms with E-state index in [4.69, 9.17) is 26.2 Å². The van der Waals surface area contributed by atoms with Gasteiger partial charge in [-0.25, -0.2) is 4.79 Å². The highest BCUT2D eigenvalue weighted by molar-refractivity contribution is 5.95. The van der Waals surface area contributed by atoms with Crippen LogP contribution >= 0.6 is 0 Å². The van der Waals surface area contributed by atoms with Crippen molar-refractivity contribution in [3.05, 3.63) is 0 Å². The van der Waals surface area contributed by atoms with E-state index in [0.717, 1.165) is 0 Å². The first-order valence-electron chi connectivity index (χ1n) is 8.94. The minimum atomic E-state index is -1.88. The van der Waals surface area contributed by atoms with Gasteiger partial charge in [-0.05, 0) is 6.42 Å². The molecule has 0 aromatic carbocycles. The number of nitrogens with two attached hydrogens (primary N) is 1.